The van der Waals surface area contributed by atoms with E-state index in [9.17, 15) is 9.90 Å². The summed E-state index contributed by atoms with van der Waals surface area (Å²) in [6, 6.07) is 11.9. The van der Waals surface area contributed by atoms with E-state index >= 15 is 0 Å². The van der Waals surface area contributed by atoms with Gasteiger partial charge in [-0.05, 0) is 30.7 Å². The Bertz CT molecular complexity index is 832. The van der Waals surface area contributed by atoms with E-state index in [1.165, 1.54) is 12.1 Å². The van der Waals surface area contributed by atoms with Crippen LogP contribution in [-0.2, 0) is 9.53 Å². The number of fused-ring (bicyclic) bond motifs is 1. The molecule has 0 spiro atoms. The highest BCUT2D eigenvalue weighted by molar-refractivity contribution is 6.30. The molecule has 0 fully saturated rings. The maximum Gasteiger partial charge on any atom is 0.340 e. The zero-order chi connectivity index (χ0) is 17.3. The molecule has 1 heterocycles. The fraction of sp³-hybridized carbons (Fsp3) is 0.167. The molecule has 24 heavy (non-hydrogen) atoms. The molecule has 124 valence electrons. The third kappa shape index (κ3) is 2.90. The van der Waals surface area contributed by atoms with Crippen LogP contribution in [0.1, 0.15) is 24.0 Å². The van der Waals surface area contributed by atoms with Gasteiger partial charge in [-0.25, -0.2) is 4.79 Å². The number of carbonyl (C=O) groups is 1. The first-order valence-electron chi connectivity index (χ1n) is 7.44. The van der Waals surface area contributed by atoms with Crippen LogP contribution in [0.15, 0.2) is 53.9 Å². The van der Waals surface area contributed by atoms with E-state index < -0.39 is 11.9 Å². The summed E-state index contributed by atoms with van der Waals surface area (Å²) >= 11 is 6.11. The SMILES string of the molecule is CCOC(=O)C1=C(N)Oc2cc(O)ccc2[C@@H]1c1cccc(Cl)c1. The Morgan fingerprint density at radius 3 is 2.83 bits per heavy atom. The monoisotopic (exact) mass is 345 g/mol. The summed E-state index contributed by atoms with van der Waals surface area (Å²) in [5.74, 6) is -0.640. The van der Waals surface area contributed by atoms with Crippen LogP contribution >= 0.6 is 11.6 Å². The summed E-state index contributed by atoms with van der Waals surface area (Å²) in [5, 5.41) is 10.2. The third-order valence-corrected chi connectivity index (χ3v) is 3.99. The summed E-state index contributed by atoms with van der Waals surface area (Å²) in [5.41, 5.74) is 7.69. The molecule has 1 atom stereocenters. The number of esters is 1. The van der Waals surface area contributed by atoms with Gasteiger partial charge >= 0.3 is 5.97 Å². The van der Waals surface area contributed by atoms with Gasteiger partial charge in [-0.1, -0.05) is 29.8 Å². The number of hydrogen-bond acceptors (Lipinski definition) is 5. The Hall–Kier alpha value is -2.66. The Morgan fingerprint density at radius 1 is 1.33 bits per heavy atom. The Labute approximate surface area is 144 Å². The van der Waals surface area contributed by atoms with Gasteiger partial charge in [0.05, 0.1) is 12.5 Å². The van der Waals surface area contributed by atoms with Gasteiger partial charge in [0.15, 0.2) is 0 Å². The van der Waals surface area contributed by atoms with Crippen molar-refractivity contribution >= 4 is 17.6 Å². The van der Waals surface area contributed by atoms with Crippen molar-refractivity contribution in [1.82, 2.24) is 0 Å². The quantitative estimate of drug-likeness (QED) is 0.834. The van der Waals surface area contributed by atoms with Crippen molar-refractivity contribution in [2.75, 3.05) is 6.61 Å². The average Bonchev–Trinajstić information content (AvgIpc) is 2.53. The lowest BCUT2D eigenvalue weighted by Gasteiger charge is -2.28. The molecule has 0 unspecified atom stereocenters. The van der Waals surface area contributed by atoms with Gasteiger partial charge in [-0.15, -0.1) is 0 Å². The molecule has 2 aromatic carbocycles. The molecular weight excluding hydrogens is 330 g/mol. The molecule has 3 N–H and O–H groups in total. The Balaban J connectivity index is 2.20. The maximum absolute atomic E-state index is 12.4. The van der Waals surface area contributed by atoms with Crippen LogP contribution in [0.3, 0.4) is 0 Å². The number of rotatable bonds is 3. The van der Waals surface area contributed by atoms with Crippen LogP contribution in [0.25, 0.3) is 0 Å². The summed E-state index contributed by atoms with van der Waals surface area (Å²) in [6.45, 7) is 1.94. The number of ether oxygens (including phenoxy) is 2. The standard InChI is InChI=1S/C18H16ClNO4/c1-2-23-18(22)16-15(10-4-3-5-11(19)8-10)13-7-6-12(21)9-14(13)24-17(16)20/h3-9,15,21H,2,20H2,1H3/t15-/m0/s1. The van der Waals surface area contributed by atoms with E-state index in [0.29, 0.717) is 16.3 Å². The van der Waals surface area contributed by atoms with E-state index in [1.54, 1.807) is 31.2 Å². The summed E-state index contributed by atoms with van der Waals surface area (Å²) in [4.78, 5) is 12.4. The molecule has 0 radical (unpaired) electrons. The van der Waals surface area contributed by atoms with Gasteiger partial charge in [0, 0.05) is 16.7 Å². The third-order valence-electron chi connectivity index (χ3n) is 3.76. The van der Waals surface area contributed by atoms with Gasteiger partial charge in [-0.2, -0.15) is 0 Å². The lowest BCUT2D eigenvalue weighted by Crippen LogP contribution is -2.27. The zero-order valence-corrected chi connectivity index (χ0v) is 13.7. The van der Waals surface area contributed by atoms with Crippen molar-refractivity contribution in [3.63, 3.8) is 0 Å². The van der Waals surface area contributed by atoms with Crippen molar-refractivity contribution in [3.8, 4) is 11.5 Å². The maximum atomic E-state index is 12.4. The Kier molecular flexibility index (Phi) is 4.36. The number of aromatic hydroxyl groups is 1. The van der Waals surface area contributed by atoms with Crippen LogP contribution in [0.4, 0.5) is 0 Å². The molecule has 0 amide bonds. The first kappa shape index (κ1) is 16.2. The summed E-state index contributed by atoms with van der Waals surface area (Å²) in [7, 11) is 0. The highest BCUT2D eigenvalue weighted by Gasteiger charge is 2.35. The molecule has 6 heteroatoms. The second-order valence-electron chi connectivity index (χ2n) is 5.31. The molecule has 0 bridgehead atoms. The van der Waals surface area contributed by atoms with Gasteiger partial charge < -0.3 is 20.3 Å². The van der Waals surface area contributed by atoms with Crippen LogP contribution in [-0.4, -0.2) is 17.7 Å². The lowest BCUT2D eigenvalue weighted by molar-refractivity contribution is -0.139. The van der Waals surface area contributed by atoms with Crippen LogP contribution in [0, 0.1) is 0 Å². The fourth-order valence-corrected chi connectivity index (χ4v) is 2.98. The highest BCUT2D eigenvalue weighted by Crippen LogP contribution is 2.44. The molecule has 0 aromatic heterocycles. The number of halogens is 1. The van der Waals surface area contributed by atoms with Gasteiger partial charge in [0.1, 0.15) is 17.1 Å². The molecule has 0 aliphatic carbocycles. The minimum atomic E-state index is -0.543. The Morgan fingerprint density at radius 2 is 2.12 bits per heavy atom. The van der Waals surface area contributed by atoms with Crippen LogP contribution < -0.4 is 10.5 Å². The summed E-state index contributed by atoms with van der Waals surface area (Å²) < 4.78 is 10.7. The number of phenols is 1. The first-order chi connectivity index (χ1) is 11.5. The van der Waals surface area contributed by atoms with E-state index in [0.717, 1.165) is 5.56 Å². The molecule has 1 aliphatic heterocycles. The van der Waals surface area contributed by atoms with Gasteiger partial charge in [0.2, 0.25) is 5.88 Å². The van der Waals surface area contributed by atoms with Crippen LogP contribution in [0.2, 0.25) is 5.02 Å². The molecule has 3 rings (SSSR count). The van der Waals surface area contributed by atoms with Crippen molar-refractivity contribution in [1.29, 1.82) is 0 Å². The topological polar surface area (TPSA) is 81.8 Å². The minimum absolute atomic E-state index is 0.0449. The molecule has 0 saturated carbocycles. The molecular formula is C18H16ClNO4. The normalized spacial score (nSPS) is 16.3. The smallest absolute Gasteiger partial charge is 0.340 e. The molecule has 0 saturated heterocycles. The molecule has 5 nitrogen and oxygen atoms in total. The van der Waals surface area contributed by atoms with E-state index in [-0.39, 0.29) is 23.8 Å². The van der Waals surface area contributed by atoms with Gasteiger partial charge in [-0.3, -0.25) is 0 Å². The largest absolute Gasteiger partial charge is 0.508 e. The minimum Gasteiger partial charge on any atom is -0.508 e. The average molecular weight is 346 g/mol. The predicted octanol–water partition coefficient (Wildman–Crippen LogP) is 3.30. The van der Waals surface area contributed by atoms with Crippen molar-refractivity contribution in [2.24, 2.45) is 5.73 Å². The fourth-order valence-electron chi connectivity index (χ4n) is 2.78. The first-order valence-corrected chi connectivity index (χ1v) is 7.82. The number of phenolic OH excluding ortho intramolecular Hbond substituents is 1. The molecule has 2 aromatic rings. The zero-order valence-electron chi connectivity index (χ0n) is 13.0. The second-order valence-corrected chi connectivity index (χ2v) is 5.75. The van der Waals surface area contributed by atoms with Gasteiger partial charge in [0.25, 0.3) is 0 Å². The predicted molar refractivity (Wildman–Crippen MR) is 89.9 cm³/mol. The molecule has 1 aliphatic rings. The van der Waals surface area contributed by atoms with E-state index in [4.69, 9.17) is 26.8 Å². The van der Waals surface area contributed by atoms with Crippen molar-refractivity contribution in [3.05, 3.63) is 70.1 Å². The van der Waals surface area contributed by atoms with Crippen molar-refractivity contribution < 1.29 is 19.4 Å². The van der Waals surface area contributed by atoms with E-state index in [1.807, 2.05) is 6.07 Å². The number of hydrogen-bond donors (Lipinski definition) is 2. The highest BCUT2D eigenvalue weighted by atomic mass is 35.5. The summed E-state index contributed by atoms with van der Waals surface area (Å²) in [6.07, 6.45) is 0. The van der Waals surface area contributed by atoms with E-state index in [2.05, 4.69) is 0 Å². The number of nitrogens with two attached hydrogens (primary N) is 1. The van der Waals surface area contributed by atoms with Crippen molar-refractivity contribution in [2.45, 2.75) is 12.8 Å². The number of benzene rings is 2. The lowest BCUT2D eigenvalue weighted by atomic mass is 9.83. The number of carbonyl (C=O) groups excluding carboxylic acids is 1. The van der Waals surface area contributed by atoms with Crippen LogP contribution in [0.5, 0.6) is 11.5 Å². The second kappa shape index (κ2) is 6.45.